The van der Waals surface area contributed by atoms with E-state index >= 15 is 0 Å². The molecule has 0 spiro atoms. The second-order valence-corrected chi connectivity index (χ2v) is 6.38. The molecule has 0 saturated carbocycles. The number of amides is 2. The zero-order valence-electron chi connectivity index (χ0n) is 15.0. The molecule has 1 aliphatic rings. The molecule has 4 rings (SSSR count). The number of nitrogens with zero attached hydrogens (tertiary/aromatic N) is 2. The summed E-state index contributed by atoms with van der Waals surface area (Å²) in [5.74, 6) is 1.14. The fourth-order valence-electron chi connectivity index (χ4n) is 2.85. The standard InChI is InChI=1S/C20H19FN4O3/c21-15-7-5-14(6-8-15)9-22-20(26)24-16-10-23-25(11-16)12-17-13-27-18-3-1-2-4-19(18)28-17/h1-8,10-11,17H,9,12-13H2,(H2,22,24,26)/t17-/m1/s1. The van der Waals surface area contributed by atoms with Crippen LogP contribution in [0.2, 0.25) is 0 Å². The van der Waals surface area contributed by atoms with Crippen LogP contribution in [0.5, 0.6) is 11.5 Å². The smallest absolute Gasteiger partial charge is 0.319 e. The molecule has 8 heteroatoms. The summed E-state index contributed by atoms with van der Waals surface area (Å²) in [6.45, 7) is 1.22. The molecule has 1 aromatic heterocycles. The van der Waals surface area contributed by atoms with Crippen LogP contribution in [0, 0.1) is 5.82 Å². The van der Waals surface area contributed by atoms with Gasteiger partial charge in [0.15, 0.2) is 17.6 Å². The molecule has 2 N–H and O–H groups in total. The van der Waals surface area contributed by atoms with E-state index in [9.17, 15) is 9.18 Å². The van der Waals surface area contributed by atoms with Crippen LogP contribution in [0.25, 0.3) is 0 Å². The average molecular weight is 382 g/mol. The summed E-state index contributed by atoms with van der Waals surface area (Å²) < 4.78 is 26.2. The van der Waals surface area contributed by atoms with Gasteiger partial charge in [0.2, 0.25) is 0 Å². The van der Waals surface area contributed by atoms with Gasteiger partial charge in [-0.25, -0.2) is 9.18 Å². The fourth-order valence-corrected chi connectivity index (χ4v) is 2.85. The number of para-hydroxylation sites is 2. The molecule has 144 valence electrons. The predicted molar refractivity (Wildman–Crippen MR) is 101 cm³/mol. The average Bonchev–Trinajstić information content (AvgIpc) is 3.14. The Hall–Kier alpha value is -3.55. The van der Waals surface area contributed by atoms with Crippen molar-refractivity contribution in [3.05, 3.63) is 72.3 Å². The van der Waals surface area contributed by atoms with Gasteiger partial charge in [-0.05, 0) is 29.8 Å². The van der Waals surface area contributed by atoms with Crippen molar-refractivity contribution in [2.45, 2.75) is 19.2 Å². The van der Waals surface area contributed by atoms with E-state index in [1.54, 1.807) is 29.2 Å². The van der Waals surface area contributed by atoms with Gasteiger partial charge in [0, 0.05) is 12.7 Å². The summed E-state index contributed by atoms with van der Waals surface area (Å²) in [6, 6.07) is 13.1. The maximum absolute atomic E-state index is 12.9. The Morgan fingerprint density at radius 1 is 1.18 bits per heavy atom. The molecule has 1 aliphatic heterocycles. The number of rotatable bonds is 5. The zero-order valence-corrected chi connectivity index (χ0v) is 15.0. The Labute approximate surface area is 161 Å². The lowest BCUT2D eigenvalue weighted by molar-refractivity contribution is 0.0759. The summed E-state index contributed by atoms with van der Waals surface area (Å²) in [5.41, 5.74) is 1.37. The third-order valence-corrected chi connectivity index (χ3v) is 4.22. The lowest BCUT2D eigenvalue weighted by Crippen LogP contribution is -2.33. The number of nitrogens with one attached hydrogen (secondary N) is 2. The highest BCUT2D eigenvalue weighted by Crippen LogP contribution is 2.31. The van der Waals surface area contributed by atoms with Gasteiger partial charge in [0.1, 0.15) is 12.4 Å². The molecular weight excluding hydrogens is 363 g/mol. The van der Waals surface area contributed by atoms with Crippen LogP contribution in [0.1, 0.15) is 5.56 Å². The molecule has 2 heterocycles. The van der Waals surface area contributed by atoms with Crippen molar-refractivity contribution in [1.29, 1.82) is 0 Å². The number of urea groups is 1. The van der Waals surface area contributed by atoms with Gasteiger partial charge in [-0.15, -0.1) is 0 Å². The summed E-state index contributed by atoms with van der Waals surface area (Å²) in [7, 11) is 0. The first-order chi connectivity index (χ1) is 13.7. The van der Waals surface area contributed by atoms with Crippen molar-refractivity contribution in [3.63, 3.8) is 0 Å². The number of fused-ring (bicyclic) bond motifs is 1. The molecular formula is C20H19FN4O3. The first kappa shape index (κ1) is 17.8. The molecule has 3 aromatic rings. The Kier molecular flexibility index (Phi) is 5.09. The summed E-state index contributed by atoms with van der Waals surface area (Å²) in [5, 5.41) is 9.68. The maximum atomic E-state index is 12.9. The van der Waals surface area contributed by atoms with E-state index in [0.29, 0.717) is 31.1 Å². The number of benzene rings is 2. The van der Waals surface area contributed by atoms with Crippen molar-refractivity contribution in [2.24, 2.45) is 0 Å². The Balaban J connectivity index is 1.27. The number of hydrogen-bond donors (Lipinski definition) is 2. The number of halogens is 1. The lowest BCUT2D eigenvalue weighted by atomic mass is 10.2. The third kappa shape index (κ3) is 4.40. The number of hydrogen-bond acceptors (Lipinski definition) is 4. The second kappa shape index (κ2) is 7.99. The number of anilines is 1. The van der Waals surface area contributed by atoms with Gasteiger partial charge < -0.3 is 20.1 Å². The summed E-state index contributed by atoms with van der Waals surface area (Å²) in [6.07, 6.45) is 3.12. The topological polar surface area (TPSA) is 77.4 Å². The highest BCUT2D eigenvalue weighted by molar-refractivity contribution is 5.88. The van der Waals surface area contributed by atoms with Crippen LogP contribution in [0.15, 0.2) is 60.9 Å². The molecule has 2 aromatic carbocycles. The molecule has 0 aliphatic carbocycles. The van der Waals surface area contributed by atoms with Crippen molar-refractivity contribution >= 4 is 11.7 Å². The first-order valence-corrected chi connectivity index (χ1v) is 8.86. The van der Waals surface area contributed by atoms with E-state index in [1.165, 1.54) is 12.1 Å². The van der Waals surface area contributed by atoms with Gasteiger partial charge in [0.05, 0.1) is 18.4 Å². The molecule has 0 radical (unpaired) electrons. The van der Waals surface area contributed by atoms with Gasteiger partial charge >= 0.3 is 6.03 Å². The van der Waals surface area contributed by atoms with Gasteiger partial charge in [-0.1, -0.05) is 24.3 Å². The van der Waals surface area contributed by atoms with Crippen LogP contribution in [0.4, 0.5) is 14.9 Å². The van der Waals surface area contributed by atoms with Crippen LogP contribution in [-0.2, 0) is 13.1 Å². The van der Waals surface area contributed by atoms with Gasteiger partial charge in [-0.2, -0.15) is 5.10 Å². The zero-order chi connectivity index (χ0) is 19.3. The summed E-state index contributed by atoms with van der Waals surface area (Å²) >= 11 is 0. The quantitative estimate of drug-likeness (QED) is 0.711. The molecule has 1 atom stereocenters. The van der Waals surface area contributed by atoms with E-state index < -0.39 is 0 Å². The van der Waals surface area contributed by atoms with Crippen LogP contribution in [0.3, 0.4) is 0 Å². The van der Waals surface area contributed by atoms with E-state index in [1.807, 2.05) is 24.3 Å². The minimum Gasteiger partial charge on any atom is -0.486 e. The normalized spacial score (nSPS) is 15.1. The number of carbonyl (C=O) groups excluding carboxylic acids is 1. The monoisotopic (exact) mass is 382 g/mol. The highest BCUT2D eigenvalue weighted by atomic mass is 19.1. The van der Waals surface area contributed by atoms with E-state index in [-0.39, 0.29) is 18.0 Å². The second-order valence-electron chi connectivity index (χ2n) is 6.38. The largest absolute Gasteiger partial charge is 0.486 e. The molecule has 0 unspecified atom stereocenters. The van der Waals surface area contributed by atoms with Crippen molar-refractivity contribution in [3.8, 4) is 11.5 Å². The number of aromatic nitrogens is 2. The van der Waals surface area contributed by atoms with Crippen molar-refractivity contribution < 1.29 is 18.7 Å². The van der Waals surface area contributed by atoms with Crippen LogP contribution < -0.4 is 20.1 Å². The minimum absolute atomic E-state index is 0.171. The Morgan fingerprint density at radius 2 is 1.96 bits per heavy atom. The fraction of sp³-hybridized carbons (Fsp3) is 0.200. The highest BCUT2D eigenvalue weighted by Gasteiger charge is 2.21. The third-order valence-electron chi connectivity index (χ3n) is 4.22. The Morgan fingerprint density at radius 3 is 2.79 bits per heavy atom. The van der Waals surface area contributed by atoms with Gasteiger partial charge in [-0.3, -0.25) is 4.68 Å². The summed E-state index contributed by atoms with van der Waals surface area (Å²) in [4.78, 5) is 12.0. The van der Waals surface area contributed by atoms with Crippen molar-refractivity contribution in [2.75, 3.05) is 11.9 Å². The van der Waals surface area contributed by atoms with Crippen molar-refractivity contribution in [1.82, 2.24) is 15.1 Å². The Bertz CT molecular complexity index is 958. The molecule has 7 nitrogen and oxygen atoms in total. The molecule has 28 heavy (non-hydrogen) atoms. The molecule has 0 saturated heterocycles. The number of carbonyl (C=O) groups is 1. The molecule has 0 bridgehead atoms. The van der Waals surface area contributed by atoms with E-state index in [2.05, 4.69) is 15.7 Å². The minimum atomic E-state index is -0.366. The SMILES string of the molecule is O=C(NCc1ccc(F)cc1)Nc1cnn(C[C@@H]2COc3ccccc3O2)c1. The molecule has 2 amide bonds. The number of ether oxygens (including phenoxy) is 2. The lowest BCUT2D eigenvalue weighted by Gasteiger charge is -2.26. The van der Waals surface area contributed by atoms with E-state index in [4.69, 9.17) is 9.47 Å². The first-order valence-electron chi connectivity index (χ1n) is 8.86. The van der Waals surface area contributed by atoms with Crippen LogP contribution in [-0.4, -0.2) is 28.5 Å². The van der Waals surface area contributed by atoms with Gasteiger partial charge in [0.25, 0.3) is 0 Å². The maximum Gasteiger partial charge on any atom is 0.319 e. The van der Waals surface area contributed by atoms with Crippen LogP contribution >= 0.6 is 0 Å². The molecule has 0 fully saturated rings. The predicted octanol–water partition coefficient (Wildman–Crippen LogP) is 3.18. The van der Waals surface area contributed by atoms with E-state index in [0.717, 1.165) is 11.3 Å².